The maximum atomic E-state index is 14.8. The van der Waals surface area contributed by atoms with Crippen molar-refractivity contribution in [1.82, 2.24) is 8.61 Å². The van der Waals surface area contributed by atoms with E-state index in [1.165, 1.54) is 62.8 Å². The average molecular weight is 817 g/mol. The SMILES string of the molecule is CC[C@H](C)[C@@H](C(=O)OC(C)(C)C)N(Cc1ccccc1CN([C@H](C(=O)OC(C)(C)C)[C@@H](C)CC)S(=O)(=O)c1ccc(OC)cc1)S(=O)(=O)c1ccc(OC)cc1. The molecule has 3 aromatic carbocycles. The van der Waals surface area contributed by atoms with E-state index >= 15 is 0 Å². The van der Waals surface area contributed by atoms with Crippen molar-refractivity contribution in [2.24, 2.45) is 11.8 Å². The standard InChI is InChI=1S/C42H60N2O10S2/c1-13-29(3)37(39(45)53-41(5,6)7)43(55(47,48)35-23-19-33(51-11)20-24-35)27-31-17-15-16-18-32(31)28-44(38(30(4)14-2)40(46)54-42(8,9)10)56(49,50)36-25-21-34(52-12)22-26-36/h15-26,29-30,37-38H,13-14,27-28H2,1-12H3/t29-,30-,37-,38-/m0/s1. The normalized spacial score (nSPS) is 14.8. The minimum Gasteiger partial charge on any atom is -0.497 e. The van der Waals surface area contributed by atoms with Gasteiger partial charge in [0, 0.05) is 13.1 Å². The number of carbonyl (C=O) groups is 2. The summed E-state index contributed by atoms with van der Waals surface area (Å²) < 4.78 is 83.5. The first-order valence-electron chi connectivity index (χ1n) is 18.8. The van der Waals surface area contributed by atoms with Crippen LogP contribution in [0.15, 0.2) is 82.6 Å². The molecule has 3 aromatic rings. The Morgan fingerprint density at radius 1 is 0.571 bits per heavy atom. The fraction of sp³-hybridized carbons (Fsp3) is 0.524. The molecule has 0 spiro atoms. The second-order valence-electron chi connectivity index (χ2n) is 15.9. The molecule has 0 unspecified atom stereocenters. The molecule has 0 aliphatic heterocycles. The molecule has 0 fully saturated rings. The highest BCUT2D eigenvalue weighted by Crippen LogP contribution is 2.33. The predicted octanol–water partition coefficient (Wildman–Crippen LogP) is 7.60. The summed E-state index contributed by atoms with van der Waals surface area (Å²) in [7, 11) is -5.88. The Morgan fingerprint density at radius 2 is 0.875 bits per heavy atom. The minimum atomic E-state index is -4.41. The summed E-state index contributed by atoms with van der Waals surface area (Å²) in [6.45, 7) is 16.9. The van der Waals surface area contributed by atoms with Gasteiger partial charge in [-0.1, -0.05) is 64.8 Å². The van der Waals surface area contributed by atoms with E-state index in [0.717, 1.165) is 8.61 Å². The minimum absolute atomic E-state index is 0.0712. The van der Waals surface area contributed by atoms with Crippen LogP contribution >= 0.6 is 0 Å². The third-order valence-electron chi connectivity index (χ3n) is 9.39. The number of ether oxygens (including phenoxy) is 4. The van der Waals surface area contributed by atoms with Gasteiger partial charge in [-0.15, -0.1) is 0 Å². The molecule has 12 nitrogen and oxygen atoms in total. The van der Waals surface area contributed by atoms with Crippen molar-refractivity contribution in [3.63, 3.8) is 0 Å². The van der Waals surface area contributed by atoms with Gasteiger partial charge in [0.1, 0.15) is 34.8 Å². The van der Waals surface area contributed by atoms with Crippen LogP contribution in [0.1, 0.15) is 93.2 Å². The molecular formula is C42H60N2O10S2. The van der Waals surface area contributed by atoms with Crippen molar-refractivity contribution in [3.05, 3.63) is 83.9 Å². The summed E-state index contributed by atoms with van der Waals surface area (Å²) >= 11 is 0. The molecule has 0 amide bonds. The number of nitrogens with zero attached hydrogens (tertiary/aromatic N) is 2. The highest BCUT2D eigenvalue weighted by Gasteiger charge is 2.44. The summed E-state index contributed by atoms with van der Waals surface area (Å²) in [6.07, 6.45) is 0.890. The molecule has 0 aromatic heterocycles. The molecule has 3 rings (SSSR count). The Morgan fingerprint density at radius 3 is 1.12 bits per heavy atom. The number of methoxy groups -OCH3 is 2. The zero-order valence-electron chi connectivity index (χ0n) is 34.9. The fourth-order valence-electron chi connectivity index (χ4n) is 6.07. The molecule has 0 saturated carbocycles. The molecular weight excluding hydrogens is 757 g/mol. The zero-order chi connectivity index (χ0) is 42.2. The molecule has 4 atom stereocenters. The van der Waals surface area contributed by atoms with E-state index < -0.39 is 67.1 Å². The summed E-state index contributed by atoms with van der Waals surface area (Å²) in [5.41, 5.74) is -0.995. The Kier molecular flexibility index (Phi) is 15.7. The Bertz CT molecular complexity index is 1840. The lowest BCUT2D eigenvalue weighted by Crippen LogP contribution is -2.51. The summed E-state index contributed by atoms with van der Waals surface area (Å²) in [5, 5.41) is 0. The van der Waals surface area contributed by atoms with Crippen LogP contribution in [-0.2, 0) is 52.2 Å². The number of benzene rings is 3. The van der Waals surface area contributed by atoms with Gasteiger partial charge in [-0.3, -0.25) is 9.59 Å². The lowest BCUT2D eigenvalue weighted by Gasteiger charge is -2.36. The van der Waals surface area contributed by atoms with Crippen LogP contribution in [0.5, 0.6) is 11.5 Å². The van der Waals surface area contributed by atoms with E-state index in [-0.39, 0.29) is 22.9 Å². The lowest BCUT2D eigenvalue weighted by molar-refractivity contribution is -0.162. The van der Waals surface area contributed by atoms with E-state index in [2.05, 4.69) is 0 Å². The van der Waals surface area contributed by atoms with Crippen molar-refractivity contribution in [2.45, 2.75) is 128 Å². The molecule has 0 saturated heterocycles. The zero-order valence-corrected chi connectivity index (χ0v) is 36.5. The van der Waals surface area contributed by atoms with Gasteiger partial charge in [-0.2, -0.15) is 8.61 Å². The second kappa shape index (κ2) is 19.0. The van der Waals surface area contributed by atoms with Gasteiger partial charge in [-0.05, 0) is 113 Å². The fourth-order valence-corrected chi connectivity index (χ4v) is 9.38. The molecule has 0 N–H and O–H groups in total. The molecule has 0 aliphatic rings. The smallest absolute Gasteiger partial charge is 0.325 e. The Hall–Kier alpha value is -3.98. The molecule has 0 heterocycles. The van der Waals surface area contributed by atoms with Crippen molar-refractivity contribution in [3.8, 4) is 11.5 Å². The van der Waals surface area contributed by atoms with Crippen LogP contribution in [0.2, 0.25) is 0 Å². The monoisotopic (exact) mass is 816 g/mol. The third kappa shape index (κ3) is 11.8. The predicted molar refractivity (Wildman–Crippen MR) is 216 cm³/mol. The number of carbonyl (C=O) groups excluding carboxylic acids is 2. The molecule has 56 heavy (non-hydrogen) atoms. The van der Waals surface area contributed by atoms with Gasteiger partial charge in [0.15, 0.2) is 0 Å². The molecule has 310 valence electrons. The molecule has 0 aliphatic carbocycles. The van der Waals surface area contributed by atoms with E-state index in [0.29, 0.717) is 35.5 Å². The van der Waals surface area contributed by atoms with Gasteiger partial charge in [0.05, 0.1) is 24.0 Å². The number of esters is 2. The van der Waals surface area contributed by atoms with Crippen molar-refractivity contribution in [2.75, 3.05) is 14.2 Å². The maximum Gasteiger partial charge on any atom is 0.325 e. The molecule has 14 heteroatoms. The van der Waals surface area contributed by atoms with Crippen molar-refractivity contribution < 1.29 is 45.4 Å². The van der Waals surface area contributed by atoms with Crippen LogP contribution < -0.4 is 9.47 Å². The van der Waals surface area contributed by atoms with Crippen LogP contribution in [0.25, 0.3) is 0 Å². The summed E-state index contributed by atoms with van der Waals surface area (Å²) in [5.74, 6) is -1.51. The van der Waals surface area contributed by atoms with Crippen LogP contribution in [0, 0.1) is 11.8 Å². The van der Waals surface area contributed by atoms with Crippen LogP contribution in [0.3, 0.4) is 0 Å². The van der Waals surface area contributed by atoms with Gasteiger partial charge < -0.3 is 18.9 Å². The molecule has 0 bridgehead atoms. The van der Waals surface area contributed by atoms with E-state index in [1.807, 2.05) is 13.8 Å². The maximum absolute atomic E-state index is 14.8. The van der Waals surface area contributed by atoms with E-state index in [9.17, 15) is 26.4 Å². The van der Waals surface area contributed by atoms with Crippen LogP contribution in [0.4, 0.5) is 0 Å². The topological polar surface area (TPSA) is 146 Å². The Labute approximate surface area is 334 Å². The Balaban J connectivity index is 2.32. The third-order valence-corrected chi connectivity index (χ3v) is 13.1. The highest BCUT2D eigenvalue weighted by molar-refractivity contribution is 7.89. The highest BCUT2D eigenvalue weighted by atomic mass is 32.2. The van der Waals surface area contributed by atoms with Gasteiger partial charge in [0.2, 0.25) is 20.0 Å². The largest absolute Gasteiger partial charge is 0.497 e. The second-order valence-corrected chi connectivity index (χ2v) is 19.7. The average Bonchev–Trinajstić information content (AvgIpc) is 3.13. The molecule has 0 radical (unpaired) electrons. The number of hydrogen-bond donors (Lipinski definition) is 0. The van der Waals surface area contributed by atoms with Crippen molar-refractivity contribution in [1.29, 1.82) is 0 Å². The first-order valence-corrected chi connectivity index (χ1v) is 21.7. The van der Waals surface area contributed by atoms with Gasteiger partial charge in [-0.25, -0.2) is 16.8 Å². The van der Waals surface area contributed by atoms with E-state index in [4.69, 9.17) is 18.9 Å². The lowest BCUT2D eigenvalue weighted by atomic mass is 9.97. The first kappa shape index (κ1) is 46.4. The summed E-state index contributed by atoms with van der Waals surface area (Å²) in [6, 6.07) is 16.1. The number of hydrogen-bond acceptors (Lipinski definition) is 10. The number of rotatable bonds is 18. The van der Waals surface area contributed by atoms with E-state index in [1.54, 1.807) is 79.7 Å². The first-order chi connectivity index (χ1) is 26.0. The van der Waals surface area contributed by atoms with Gasteiger partial charge >= 0.3 is 11.9 Å². The van der Waals surface area contributed by atoms with Crippen molar-refractivity contribution >= 4 is 32.0 Å². The number of sulfonamides is 2. The van der Waals surface area contributed by atoms with Gasteiger partial charge in [0.25, 0.3) is 0 Å². The van der Waals surface area contributed by atoms with Crippen LogP contribution in [-0.4, -0.2) is 74.9 Å². The quantitative estimate of drug-likeness (QED) is 0.118. The summed E-state index contributed by atoms with van der Waals surface area (Å²) in [4.78, 5) is 28.0.